The molecule has 0 amide bonds. The summed E-state index contributed by atoms with van der Waals surface area (Å²) in [6.07, 6.45) is 8.89. The zero-order valence-corrected chi connectivity index (χ0v) is 11.0. The first kappa shape index (κ1) is 12.4. The fraction of sp³-hybridized carbons (Fsp3) is 1.00. The van der Waals surface area contributed by atoms with Crippen LogP contribution < -0.4 is 5.32 Å². The van der Waals surface area contributed by atoms with Crippen LogP contribution in [0.2, 0.25) is 0 Å². The Balaban J connectivity index is 1.63. The first-order chi connectivity index (χ1) is 7.75. The van der Waals surface area contributed by atoms with Crippen LogP contribution in [0.4, 0.5) is 0 Å². The van der Waals surface area contributed by atoms with Crippen molar-refractivity contribution in [3.8, 4) is 0 Å². The van der Waals surface area contributed by atoms with Gasteiger partial charge in [-0.15, -0.1) is 0 Å². The van der Waals surface area contributed by atoms with Crippen molar-refractivity contribution in [3.05, 3.63) is 0 Å². The van der Waals surface area contributed by atoms with Gasteiger partial charge in [0, 0.05) is 25.2 Å². The molecular weight excluding hydrogens is 196 g/mol. The molecule has 2 rings (SSSR count). The van der Waals surface area contributed by atoms with Gasteiger partial charge >= 0.3 is 0 Å². The molecule has 1 aliphatic carbocycles. The van der Waals surface area contributed by atoms with E-state index in [1.54, 1.807) is 0 Å². The lowest BCUT2D eigenvalue weighted by Gasteiger charge is -2.37. The molecule has 1 aliphatic heterocycles. The van der Waals surface area contributed by atoms with Gasteiger partial charge in [0.15, 0.2) is 0 Å². The summed E-state index contributed by atoms with van der Waals surface area (Å²) in [6.45, 7) is 8.39. The summed E-state index contributed by atoms with van der Waals surface area (Å²) >= 11 is 0. The Hall–Kier alpha value is -0.0800. The Labute approximate surface area is 101 Å². The summed E-state index contributed by atoms with van der Waals surface area (Å²) in [5, 5.41) is 3.55. The topological polar surface area (TPSA) is 15.3 Å². The maximum absolute atomic E-state index is 3.55. The van der Waals surface area contributed by atoms with E-state index in [4.69, 9.17) is 0 Å². The van der Waals surface area contributed by atoms with Crippen molar-refractivity contribution < 1.29 is 0 Å². The second-order valence-electron chi connectivity index (χ2n) is 5.95. The van der Waals surface area contributed by atoms with Crippen LogP contribution in [0.3, 0.4) is 0 Å². The average molecular weight is 224 g/mol. The predicted octanol–water partition coefficient (Wildman–Crippen LogP) is 2.64. The van der Waals surface area contributed by atoms with E-state index in [-0.39, 0.29) is 0 Å². The van der Waals surface area contributed by atoms with Crippen molar-refractivity contribution in [2.45, 2.75) is 64.5 Å². The van der Waals surface area contributed by atoms with E-state index in [2.05, 4.69) is 24.1 Å². The number of nitrogens with zero attached hydrogens (tertiary/aromatic N) is 1. The van der Waals surface area contributed by atoms with E-state index in [1.165, 1.54) is 58.2 Å². The molecule has 0 aromatic carbocycles. The lowest BCUT2D eigenvalue weighted by Crippen LogP contribution is -2.54. The van der Waals surface area contributed by atoms with Crippen molar-refractivity contribution in [1.82, 2.24) is 10.2 Å². The van der Waals surface area contributed by atoms with E-state index in [0.29, 0.717) is 6.04 Å². The van der Waals surface area contributed by atoms with Crippen LogP contribution in [0.1, 0.15) is 52.4 Å². The molecule has 2 aliphatic rings. The zero-order chi connectivity index (χ0) is 11.4. The van der Waals surface area contributed by atoms with Crippen molar-refractivity contribution in [3.63, 3.8) is 0 Å². The van der Waals surface area contributed by atoms with Crippen molar-refractivity contribution in [2.75, 3.05) is 19.6 Å². The maximum Gasteiger partial charge on any atom is 0.0193 e. The molecule has 2 heteroatoms. The number of hydrogen-bond donors (Lipinski definition) is 1. The molecule has 2 unspecified atom stereocenters. The van der Waals surface area contributed by atoms with Crippen LogP contribution in [0.15, 0.2) is 0 Å². The number of piperazine rings is 1. The molecule has 0 aromatic rings. The largest absolute Gasteiger partial charge is 0.311 e. The third-order valence-corrected chi connectivity index (χ3v) is 4.43. The Kier molecular flexibility index (Phi) is 4.66. The van der Waals surface area contributed by atoms with Gasteiger partial charge in [-0.25, -0.2) is 0 Å². The van der Waals surface area contributed by atoms with E-state index in [0.717, 1.165) is 12.0 Å². The molecule has 2 atom stereocenters. The van der Waals surface area contributed by atoms with Crippen LogP contribution in [-0.2, 0) is 0 Å². The average Bonchev–Trinajstić information content (AvgIpc) is 2.76. The summed E-state index contributed by atoms with van der Waals surface area (Å²) in [5.74, 6) is 1.07. The molecule has 1 saturated carbocycles. The Bertz CT molecular complexity index is 199. The van der Waals surface area contributed by atoms with Gasteiger partial charge in [0.05, 0.1) is 0 Å². The van der Waals surface area contributed by atoms with E-state index < -0.39 is 0 Å². The highest BCUT2D eigenvalue weighted by molar-refractivity contribution is 4.81. The number of rotatable bonds is 4. The minimum atomic E-state index is 0.683. The first-order valence-electron chi connectivity index (χ1n) is 7.23. The van der Waals surface area contributed by atoms with Crippen LogP contribution in [0.5, 0.6) is 0 Å². The van der Waals surface area contributed by atoms with Gasteiger partial charge in [-0.1, -0.05) is 25.7 Å². The van der Waals surface area contributed by atoms with Crippen LogP contribution in [-0.4, -0.2) is 36.6 Å². The van der Waals surface area contributed by atoms with Gasteiger partial charge in [0.25, 0.3) is 0 Å². The van der Waals surface area contributed by atoms with Crippen molar-refractivity contribution >= 4 is 0 Å². The molecule has 94 valence electrons. The van der Waals surface area contributed by atoms with Crippen LogP contribution >= 0.6 is 0 Å². The van der Waals surface area contributed by atoms with E-state index in [1.807, 2.05) is 0 Å². The highest BCUT2D eigenvalue weighted by Crippen LogP contribution is 2.28. The number of hydrogen-bond acceptors (Lipinski definition) is 2. The van der Waals surface area contributed by atoms with Gasteiger partial charge in [0.2, 0.25) is 0 Å². The van der Waals surface area contributed by atoms with Gasteiger partial charge in [-0.3, -0.25) is 4.90 Å². The maximum atomic E-state index is 3.55. The lowest BCUT2D eigenvalue weighted by atomic mass is 10.0. The van der Waals surface area contributed by atoms with Gasteiger partial charge < -0.3 is 5.32 Å². The first-order valence-corrected chi connectivity index (χ1v) is 7.23. The molecule has 2 fully saturated rings. The fourth-order valence-corrected chi connectivity index (χ4v) is 3.29. The highest BCUT2D eigenvalue weighted by Gasteiger charge is 2.22. The number of nitrogens with one attached hydrogen (secondary N) is 1. The lowest BCUT2D eigenvalue weighted by molar-refractivity contribution is 0.142. The molecule has 1 N–H and O–H groups in total. The second kappa shape index (κ2) is 6.02. The summed E-state index contributed by atoms with van der Waals surface area (Å²) in [5.41, 5.74) is 0. The minimum absolute atomic E-state index is 0.683. The molecule has 0 bridgehead atoms. The molecular formula is C14H28N2. The summed E-state index contributed by atoms with van der Waals surface area (Å²) in [4.78, 5) is 2.68. The Morgan fingerprint density at radius 3 is 2.69 bits per heavy atom. The SMILES string of the molecule is CC1CN(CCCC2CCCC2)C(C)CN1. The monoisotopic (exact) mass is 224 g/mol. The molecule has 1 saturated heterocycles. The van der Waals surface area contributed by atoms with Crippen LogP contribution in [0.25, 0.3) is 0 Å². The minimum Gasteiger partial charge on any atom is -0.311 e. The molecule has 0 aromatic heterocycles. The smallest absolute Gasteiger partial charge is 0.0193 e. The third kappa shape index (κ3) is 3.46. The standard InChI is InChI=1S/C14H28N2/c1-12-11-16(13(2)10-15-12)9-5-8-14-6-3-4-7-14/h12-15H,3-11H2,1-2H3. The third-order valence-electron chi connectivity index (χ3n) is 4.43. The summed E-state index contributed by atoms with van der Waals surface area (Å²) in [6, 6.07) is 1.42. The Morgan fingerprint density at radius 2 is 1.94 bits per heavy atom. The summed E-state index contributed by atoms with van der Waals surface area (Å²) < 4.78 is 0. The van der Waals surface area contributed by atoms with Crippen molar-refractivity contribution in [2.24, 2.45) is 5.92 Å². The van der Waals surface area contributed by atoms with Crippen molar-refractivity contribution in [1.29, 1.82) is 0 Å². The van der Waals surface area contributed by atoms with Gasteiger partial charge in [-0.2, -0.15) is 0 Å². The van der Waals surface area contributed by atoms with E-state index in [9.17, 15) is 0 Å². The normalized spacial score (nSPS) is 33.4. The van der Waals surface area contributed by atoms with Crippen LogP contribution in [0, 0.1) is 5.92 Å². The molecule has 0 spiro atoms. The summed E-state index contributed by atoms with van der Waals surface area (Å²) in [7, 11) is 0. The zero-order valence-electron chi connectivity index (χ0n) is 11.0. The fourth-order valence-electron chi connectivity index (χ4n) is 3.29. The van der Waals surface area contributed by atoms with Gasteiger partial charge in [-0.05, 0) is 39.2 Å². The quantitative estimate of drug-likeness (QED) is 0.790. The predicted molar refractivity (Wildman–Crippen MR) is 69.7 cm³/mol. The molecule has 0 radical (unpaired) electrons. The second-order valence-corrected chi connectivity index (χ2v) is 5.95. The van der Waals surface area contributed by atoms with Gasteiger partial charge in [0.1, 0.15) is 0 Å². The molecule has 1 heterocycles. The van der Waals surface area contributed by atoms with E-state index >= 15 is 0 Å². The molecule has 2 nitrogen and oxygen atoms in total. The highest BCUT2D eigenvalue weighted by atomic mass is 15.2. The Morgan fingerprint density at radius 1 is 1.19 bits per heavy atom. The molecule has 16 heavy (non-hydrogen) atoms.